The Bertz CT molecular complexity index is 1570. The third kappa shape index (κ3) is 56.0. The molecule has 1 aliphatic heterocycles. The molecule has 1 rings (SSSR count). The zero-order valence-electron chi connectivity index (χ0n) is 58.4. The van der Waals surface area contributed by atoms with Gasteiger partial charge in [-0.15, -0.1) is 0 Å². The van der Waals surface area contributed by atoms with Gasteiger partial charge in [0.2, 0.25) is 5.91 Å². The molecule has 0 aromatic carbocycles. The van der Waals surface area contributed by atoms with Gasteiger partial charge in [0.25, 0.3) is 0 Å². The van der Waals surface area contributed by atoms with Crippen LogP contribution in [0.4, 0.5) is 0 Å². The van der Waals surface area contributed by atoms with Gasteiger partial charge >= 0.3 is 5.97 Å². The number of aliphatic hydroxyl groups is 5. The predicted octanol–water partition coefficient (Wildman–Crippen LogP) is 20.5. The molecule has 11 nitrogen and oxygen atoms in total. The Morgan fingerprint density at radius 2 is 0.753 bits per heavy atom. The number of hydrogen-bond acceptors (Lipinski definition) is 10. The van der Waals surface area contributed by atoms with E-state index in [-0.39, 0.29) is 18.5 Å². The molecule has 1 fully saturated rings. The van der Waals surface area contributed by atoms with Crippen molar-refractivity contribution in [1.29, 1.82) is 0 Å². The number of aliphatic hydroxyl groups excluding tert-OH is 5. The minimum absolute atomic E-state index is 0.0160. The van der Waals surface area contributed by atoms with Gasteiger partial charge in [-0.1, -0.05) is 346 Å². The molecule has 6 N–H and O–H groups in total. The van der Waals surface area contributed by atoms with Crippen LogP contribution in [-0.4, -0.2) is 100 Å². The van der Waals surface area contributed by atoms with Gasteiger partial charge in [-0.2, -0.15) is 0 Å². The maximum absolute atomic E-state index is 13.0. The molecule has 1 heterocycles. The van der Waals surface area contributed by atoms with Crippen LogP contribution < -0.4 is 5.32 Å². The van der Waals surface area contributed by atoms with Gasteiger partial charge in [-0.3, -0.25) is 9.59 Å². The van der Waals surface area contributed by atoms with Gasteiger partial charge < -0.3 is 45.1 Å². The average Bonchev–Trinajstić information content (AvgIpc) is 2.38. The maximum atomic E-state index is 13.0. The van der Waals surface area contributed by atoms with E-state index < -0.39 is 49.5 Å². The van der Waals surface area contributed by atoms with Crippen molar-refractivity contribution < 1.29 is 49.3 Å². The number of hydrogen-bond donors (Lipinski definition) is 6. The van der Waals surface area contributed by atoms with E-state index in [4.69, 9.17) is 14.2 Å². The summed E-state index contributed by atoms with van der Waals surface area (Å²) >= 11 is 0. The molecule has 0 spiro atoms. The molecule has 0 saturated carbocycles. The molecular formula is C78H147NO10. The third-order valence-electron chi connectivity index (χ3n) is 18.5. The zero-order chi connectivity index (χ0) is 64.4. The molecule has 0 aliphatic carbocycles. The van der Waals surface area contributed by atoms with Gasteiger partial charge in [0.15, 0.2) is 6.29 Å². The van der Waals surface area contributed by atoms with Gasteiger partial charge in [0.05, 0.1) is 32.0 Å². The fraction of sp³-hybridized carbons (Fsp3) is 0.897. The van der Waals surface area contributed by atoms with Crippen LogP contribution >= 0.6 is 0 Å². The zero-order valence-corrected chi connectivity index (χ0v) is 58.4. The number of ether oxygens (including phenoxy) is 3. The Morgan fingerprint density at radius 3 is 1.13 bits per heavy atom. The number of esters is 1. The number of nitrogens with one attached hydrogen (secondary N) is 1. The first-order valence-electron chi connectivity index (χ1n) is 38.8. The van der Waals surface area contributed by atoms with Crippen molar-refractivity contribution in [2.45, 2.75) is 429 Å². The molecule has 7 atom stereocenters. The summed E-state index contributed by atoms with van der Waals surface area (Å²) in [6, 6.07) is -0.806. The summed E-state index contributed by atoms with van der Waals surface area (Å²) in [6.07, 6.45) is 77.6. The Hall–Kier alpha value is -2.12. The molecule has 1 aliphatic rings. The van der Waals surface area contributed by atoms with E-state index >= 15 is 0 Å². The Kier molecular flexibility index (Phi) is 64.2. The predicted molar refractivity (Wildman–Crippen MR) is 375 cm³/mol. The van der Waals surface area contributed by atoms with Crippen molar-refractivity contribution in [2.75, 3.05) is 19.8 Å². The standard InChI is InChI=1S/C78H147NO10/c1-3-5-7-9-11-13-14-15-39-43-46-50-54-58-62-66-74(83)87-67-63-59-55-51-47-44-41-38-36-34-32-30-28-26-24-22-20-18-16-17-19-21-23-25-27-29-31-33-35-37-40-42-45-49-53-57-61-65-73(82)79-70(71(81)64-60-56-52-48-12-10-8-6-4-2)69-88-78-77(86)76(85)75(84)72(68-80)89-78/h16,18,22,24,60,64,70-72,75-78,80-81,84-86H,3-15,17,19-21,23,25-59,61-63,65-69H2,1-2H3,(H,79,82)/b18-16-,24-22-,64-60+. The molecule has 0 aromatic rings. The van der Waals surface area contributed by atoms with E-state index in [1.54, 1.807) is 6.08 Å². The number of unbranched alkanes of at least 4 members (excludes halogenated alkanes) is 51. The van der Waals surface area contributed by atoms with Crippen LogP contribution in [0.2, 0.25) is 0 Å². The first-order valence-corrected chi connectivity index (χ1v) is 38.8. The minimum Gasteiger partial charge on any atom is -0.466 e. The van der Waals surface area contributed by atoms with Crippen molar-refractivity contribution in [3.63, 3.8) is 0 Å². The lowest BCUT2D eigenvalue weighted by Gasteiger charge is -2.40. The van der Waals surface area contributed by atoms with E-state index in [1.165, 1.54) is 302 Å². The fourth-order valence-corrected chi connectivity index (χ4v) is 12.4. The quantitative estimate of drug-likeness (QED) is 0.0195. The summed E-state index contributed by atoms with van der Waals surface area (Å²) in [7, 11) is 0. The van der Waals surface area contributed by atoms with Gasteiger partial charge in [0.1, 0.15) is 24.4 Å². The van der Waals surface area contributed by atoms with Gasteiger partial charge in [-0.25, -0.2) is 0 Å². The third-order valence-corrected chi connectivity index (χ3v) is 18.5. The lowest BCUT2D eigenvalue weighted by Crippen LogP contribution is -2.60. The number of rotatable bonds is 69. The first-order chi connectivity index (χ1) is 43.7. The van der Waals surface area contributed by atoms with Crippen molar-refractivity contribution in [1.82, 2.24) is 5.32 Å². The van der Waals surface area contributed by atoms with Crippen LogP contribution in [0.1, 0.15) is 386 Å². The minimum atomic E-state index is -1.57. The van der Waals surface area contributed by atoms with Crippen LogP contribution in [-0.2, 0) is 23.8 Å². The lowest BCUT2D eigenvalue weighted by molar-refractivity contribution is -0.302. The molecule has 0 radical (unpaired) electrons. The van der Waals surface area contributed by atoms with Crippen LogP contribution in [0.3, 0.4) is 0 Å². The summed E-state index contributed by atoms with van der Waals surface area (Å²) < 4.78 is 16.7. The topological polar surface area (TPSA) is 175 Å². The molecule has 0 bridgehead atoms. The van der Waals surface area contributed by atoms with Crippen LogP contribution in [0.5, 0.6) is 0 Å². The monoisotopic (exact) mass is 1260 g/mol. The number of amides is 1. The van der Waals surface area contributed by atoms with Crippen molar-refractivity contribution in [3.8, 4) is 0 Å². The Labute approximate surface area is 549 Å². The highest BCUT2D eigenvalue weighted by Crippen LogP contribution is 2.24. The van der Waals surface area contributed by atoms with Gasteiger partial charge in [-0.05, 0) is 64.2 Å². The molecule has 1 saturated heterocycles. The highest BCUT2D eigenvalue weighted by Gasteiger charge is 2.44. The Morgan fingerprint density at radius 1 is 0.416 bits per heavy atom. The SMILES string of the molecule is CCCCCCCCC/C=C/C(O)C(COC1OC(CO)C(O)C(O)C1O)NC(=O)CCCCCCCCCCCCCCCCCCC/C=C\C/C=C\CCCCCCCCCCCCCCCOC(=O)CCCCCCCCCCCCCCCCC. The van der Waals surface area contributed by atoms with Crippen LogP contribution in [0.25, 0.3) is 0 Å². The smallest absolute Gasteiger partial charge is 0.305 e. The van der Waals surface area contributed by atoms with Crippen molar-refractivity contribution in [2.24, 2.45) is 0 Å². The van der Waals surface area contributed by atoms with E-state index in [0.29, 0.717) is 19.4 Å². The van der Waals surface area contributed by atoms with Crippen LogP contribution in [0, 0.1) is 0 Å². The van der Waals surface area contributed by atoms with Crippen molar-refractivity contribution >= 4 is 11.9 Å². The van der Waals surface area contributed by atoms with E-state index in [0.717, 1.165) is 57.8 Å². The summed E-state index contributed by atoms with van der Waals surface area (Å²) in [5, 5.41) is 54.3. The molecule has 11 heteroatoms. The second-order valence-electron chi connectivity index (χ2n) is 27.1. The van der Waals surface area contributed by atoms with Crippen molar-refractivity contribution in [3.05, 3.63) is 36.5 Å². The van der Waals surface area contributed by atoms with Gasteiger partial charge in [0, 0.05) is 12.8 Å². The molecular weight excluding hydrogens is 1110 g/mol. The molecule has 524 valence electrons. The second-order valence-corrected chi connectivity index (χ2v) is 27.1. The highest BCUT2D eigenvalue weighted by molar-refractivity contribution is 5.76. The normalized spacial score (nSPS) is 17.9. The number of carbonyl (C=O) groups excluding carboxylic acids is 2. The van der Waals surface area contributed by atoms with E-state index in [9.17, 15) is 35.1 Å². The van der Waals surface area contributed by atoms with Crippen LogP contribution in [0.15, 0.2) is 36.5 Å². The molecule has 0 aromatic heterocycles. The summed E-state index contributed by atoms with van der Waals surface area (Å²) in [6.45, 7) is 4.36. The summed E-state index contributed by atoms with van der Waals surface area (Å²) in [5.41, 5.74) is 0. The molecule has 1 amide bonds. The summed E-state index contributed by atoms with van der Waals surface area (Å²) in [5.74, 6) is -0.163. The number of allylic oxidation sites excluding steroid dienone is 5. The molecule has 89 heavy (non-hydrogen) atoms. The average molecular weight is 1260 g/mol. The fourth-order valence-electron chi connectivity index (χ4n) is 12.4. The summed E-state index contributed by atoms with van der Waals surface area (Å²) in [4.78, 5) is 25.1. The number of carbonyl (C=O) groups is 2. The maximum Gasteiger partial charge on any atom is 0.305 e. The largest absolute Gasteiger partial charge is 0.466 e. The first kappa shape index (κ1) is 84.9. The lowest BCUT2D eigenvalue weighted by atomic mass is 9.99. The van der Waals surface area contributed by atoms with E-state index in [2.05, 4.69) is 43.5 Å². The van der Waals surface area contributed by atoms with E-state index in [1.807, 2.05) is 6.08 Å². The Balaban J connectivity index is 1.87. The highest BCUT2D eigenvalue weighted by atomic mass is 16.7. The molecule has 7 unspecified atom stereocenters. The second kappa shape index (κ2) is 67.3.